The molecule has 112 valence electrons. The van der Waals surface area contributed by atoms with Gasteiger partial charge in [0.2, 0.25) is 5.91 Å². The second-order valence-electron chi connectivity index (χ2n) is 5.41. The van der Waals surface area contributed by atoms with E-state index >= 15 is 0 Å². The van der Waals surface area contributed by atoms with Crippen LogP contribution in [0.4, 0.5) is 0 Å². The quantitative estimate of drug-likeness (QED) is 0.871. The summed E-state index contributed by atoms with van der Waals surface area (Å²) >= 11 is 1.64. The Morgan fingerprint density at radius 3 is 3.14 bits per heavy atom. The van der Waals surface area contributed by atoms with Gasteiger partial charge in [-0.3, -0.25) is 4.79 Å². The number of amides is 1. The van der Waals surface area contributed by atoms with Gasteiger partial charge in [0.05, 0.1) is 29.5 Å². The van der Waals surface area contributed by atoms with Crippen molar-refractivity contribution in [3.8, 4) is 0 Å². The first-order valence-electron chi connectivity index (χ1n) is 7.44. The van der Waals surface area contributed by atoms with Crippen molar-refractivity contribution in [2.45, 2.75) is 38.6 Å². The number of piperidine rings is 1. The third-order valence-corrected chi connectivity index (χ3v) is 4.97. The van der Waals surface area contributed by atoms with Crippen LogP contribution in [0.15, 0.2) is 24.1 Å². The number of aromatic nitrogens is 3. The number of hydrogen-bond donors (Lipinski definition) is 0. The first-order chi connectivity index (χ1) is 10.3. The summed E-state index contributed by atoms with van der Waals surface area (Å²) in [5.41, 5.74) is 0.909. The van der Waals surface area contributed by atoms with Crippen LogP contribution >= 0.6 is 11.3 Å². The molecule has 0 N–H and O–H groups in total. The van der Waals surface area contributed by atoms with Gasteiger partial charge in [-0.15, -0.1) is 11.3 Å². The van der Waals surface area contributed by atoms with Crippen molar-refractivity contribution in [1.29, 1.82) is 0 Å². The van der Waals surface area contributed by atoms with Crippen LogP contribution < -0.4 is 0 Å². The van der Waals surface area contributed by atoms with Gasteiger partial charge in [0.1, 0.15) is 0 Å². The molecule has 3 heterocycles. The van der Waals surface area contributed by atoms with E-state index in [2.05, 4.69) is 21.5 Å². The molecule has 1 amide bonds. The van der Waals surface area contributed by atoms with E-state index in [0.717, 1.165) is 43.1 Å². The molecule has 1 saturated heterocycles. The van der Waals surface area contributed by atoms with Crippen molar-refractivity contribution in [3.05, 3.63) is 34.8 Å². The van der Waals surface area contributed by atoms with Crippen LogP contribution in [0.3, 0.4) is 0 Å². The molecule has 0 aliphatic carbocycles. The number of aryl methyl sites for hydroxylation is 1. The van der Waals surface area contributed by atoms with Crippen LogP contribution in [0.25, 0.3) is 0 Å². The fraction of sp³-hybridized carbons (Fsp3) is 0.533. The molecule has 2 aromatic rings. The number of carbonyl (C=O) groups is 1. The molecule has 1 fully saturated rings. The second kappa shape index (κ2) is 6.39. The maximum atomic E-state index is 12.4. The summed E-state index contributed by atoms with van der Waals surface area (Å²) in [5.74, 6) is 0.188. The lowest BCUT2D eigenvalue weighted by atomic mass is 10.1. The number of rotatable bonds is 4. The van der Waals surface area contributed by atoms with E-state index < -0.39 is 0 Å². The molecule has 0 radical (unpaired) electrons. The molecule has 5 nitrogen and oxygen atoms in total. The molecule has 1 unspecified atom stereocenters. The van der Waals surface area contributed by atoms with Crippen molar-refractivity contribution in [2.75, 3.05) is 13.1 Å². The lowest BCUT2D eigenvalue weighted by Gasteiger charge is -2.33. The highest BCUT2D eigenvalue weighted by molar-refractivity contribution is 7.09. The van der Waals surface area contributed by atoms with Crippen molar-refractivity contribution < 1.29 is 4.79 Å². The monoisotopic (exact) mass is 304 g/mol. The zero-order valence-electron chi connectivity index (χ0n) is 12.2. The molecule has 6 heteroatoms. The van der Waals surface area contributed by atoms with Crippen molar-refractivity contribution in [3.63, 3.8) is 0 Å². The van der Waals surface area contributed by atoms with Crippen LogP contribution in [-0.4, -0.2) is 38.4 Å². The summed E-state index contributed by atoms with van der Waals surface area (Å²) in [6, 6.07) is 0.354. The molecule has 0 saturated carbocycles. The van der Waals surface area contributed by atoms with Gasteiger partial charge < -0.3 is 9.47 Å². The normalized spacial score (nSPS) is 18.9. The molecule has 3 rings (SSSR count). The second-order valence-corrected chi connectivity index (χ2v) is 6.35. The molecule has 2 aromatic heterocycles. The Morgan fingerprint density at radius 1 is 1.52 bits per heavy atom. The summed E-state index contributed by atoms with van der Waals surface area (Å²) in [7, 11) is 0. The molecule has 0 bridgehead atoms. The lowest BCUT2D eigenvalue weighted by Crippen LogP contribution is -2.41. The Morgan fingerprint density at radius 2 is 2.43 bits per heavy atom. The summed E-state index contributed by atoms with van der Waals surface area (Å²) in [6.45, 7) is 3.72. The Kier molecular flexibility index (Phi) is 4.34. The van der Waals surface area contributed by atoms with Crippen molar-refractivity contribution in [1.82, 2.24) is 19.4 Å². The Labute approximate surface area is 128 Å². The minimum Gasteiger partial charge on any atom is -0.340 e. The Hall–Kier alpha value is -1.69. The molecule has 0 spiro atoms. The highest BCUT2D eigenvalue weighted by atomic mass is 32.1. The third kappa shape index (κ3) is 3.32. The number of imidazole rings is 1. The van der Waals surface area contributed by atoms with Gasteiger partial charge in [0.25, 0.3) is 0 Å². The molecular formula is C15H20N4OS. The van der Waals surface area contributed by atoms with Gasteiger partial charge >= 0.3 is 0 Å². The summed E-state index contributed by atoms with van der Waals surface area (Å²) in [5, 5.41) is 3.11. The predicted octanol–water partition coefficient (Wildman–Crippen LogP) is 2.31. The van der Waals surface area contributed by atoms with E-state index in [1.54, 1.807) is 17.5 Å². The number of likely N-dealkylation sites (tertiary alicyclic amines) is 1. The zero-order valence-corrected chi connectivity index (χ0v) is 13.1. The first kappa shape index (κ1) is 14.3. The fourth-order valence-corrected chi connectivity index (χ4v) is 3.51. The minimum atomic E-state index is 0.188. The molecule has 0 aromatic carbocycles. The average molecular weight is 304 g/mol. The van der Waals surface area contributed by atoms with E-state index in [-0.39, 0.29) is 5.91 Å². The van der Waals surface area contributed by atoms with Gasteiger partial charge in [-0.05, 0) is 19.3 Å². The van der Waals surface area contributed by atoms with Crippen LogP contribution in [0.5, 0.6) is 0 Å². The highest BCUT2D eigenvalue weighted by Gasteiger charge is 2.24. The molecule has 21 heavy (non-hydrogen) atoms. The minimum absolute atomic E-state index is 0.188. The summed E-state index contributed by atoms with van der Waals surface area (Å²) < 4.78 is 2.11. The van der Waals surface area contributed by atoms with Gasteiger partial charge in [0, 0.05) is 30.9 Å². The van der Waals surface area contributed by atoms with Gasteiger partial charge in [0.15, 0.2) is 0 Å². The zero-order chi connectivity index (χ0) is 14.7. The summed E-state index contributed by atoms with van der Waals surface area (Å²) in [6.07, 6.45) is 9.13. The predicted molar refractivity (Wildman–Crippen MR) is 82.3 cm³/mol. The smallest absolute Gasteiger partial charge is 0.228 e. The standard InChI is InChI=1S/C15H20N4OS/c1-2-14-17-12(10-21-14)8-15(20)18-6-3-4-13(9-18)19-7-5-16-11-19/h5,7,10-11,13H,2-4,6,8-9H2,1H3. The SMILES string of the molecule is CCc1nc(CC(=O)N2CCCC(n3ccnc3)C2)cs1. The van der Waals surface area contributed by atoms with Gasteiger partial charge in [-0.2, -0.15) is 0 Å². The van der Waals surface area contributed by atoms with Crippen molar-refractivity contribution in [2.24, 2.45) is 0 Å². The highest BCUT2D eigenvalue weighted by Crippen LogP contribution is 2.22. The third-order valence-electron chi connectivity index (χ3n) is 3.93. The maximum Gasteiger partial charge on any atom is 0.228 e. The number of carbonyl (C=O) groups excluding carboxylic acids is 1. The van der Waals surface area contributed by atoms with Crippen LogP contribution in [0, 0.1) is 0 Å². The lowest BCUT2D eigenvalue weighted by molar-refractivity contribution is -0.132. The fourth-order valence-electron chi connectivity index (χ4n) is 2.77. The van der Waals surface area contributed by atoms with Crippen LogP contribution in [0.2, 0.25) is 0 Å². The molecule has 1 aliphatic rings. The molecule has 1 aliphatic heterocycles. The van der Waals surface area contributed by atoms with Crippen molar-refractivity contribution >= 4 is 17.2 Å². The Balaban J connectivity index is 1.61. The summed E-state index contributed by atoms with van der Waals surface area (Å²) in [4.78, 5) is 23.0. The topological polar surface area (TPSA) is 51.0 Å². The van der Waals surface area contributed by atoms with E-state index in [4.69, 9.17) is 0 Å². The first-order valence-corrected chi connectivity index (χ1v) is 8.32. The average Bonchev–Trinajstić information content (AvgIpc) is 3.18. The Bertz CT molecular complexity index is 593. The number of thiazole rings is 1. The van der Waals surface area contributed by atoms with E-state index in [1.807, 2.05) is 22.8 Å². The van der Waals surface area contributed by atoms with E-state index in [1.165, 1.54) is 0 Å². The molecule has 1 atom stereocenters. The largest absolute Gasteiger partial charge is 0.340 e. The van der Waals surface area contributed by atoms with E-state index in [9.17, 15) is 4.79 Å². The van der Waals surface area contributed by atoms with E-state index in [0.29, 0.717) is 12.5 Å². The van der Waals surface area contributed by atoms with Gasteiger partial charge in [-0.25, -0.2) is 9.97 Å². The number of nitrogens with zero attached hydrogens (tertiary/aromatic N) is 4. The number of hydrogen-bond acceptors (Lipinski definition) is 4. The van der Waals surface area contributed by atoms with Crippen LogP contribution in [0.1, 0.15) is 36.5 Å². The maximum absolute atomic E-state index is 12.4. The van der Waals surface area contributed by atoms with Gasteiger partial charge in [-0.1, -0.05) is 6.92 Å². The molecular weight excluding hydrogens is 284 g/mol. The van der Waals surface area contributed by atoms with Crippen LogP contribution in [-0.2, 0) is 17.6 Å².